The summed E-state index contributed by atoms with van der Waals surface area (Å²) in [5, 5.41) is 23.2. The first-order valence-corrected chi connectivity index (χ1v) is 14.9. The number of rotatable bonds is 10. The van der Waals surface area contributed by atoms with E-state index in [1.807, 2.05) is 97.1 Å². The topological polar surface area (TPSA) is 99.5 Å². The molecule has 4 atom stereocenters. The van der Waals surface area contributed by atoms with E-state index < -0.39 is 34.5 Å². The number of ether oxygens (including phenoxy) is 2. The highest BCUT2D eigenvalue weighted by atomic mass is 32.2. The van der Waals surface area contributed by atoms with Crippen molar-refractivity contribution >= 4 is 10.2 Å². The van der Waals surface area contributed by atoms with Gasteiger partial charge in [0, 0.05) is 13.1 Å². The fraction of sp³-hybridized carbons (Fsp3) is 0.250. The van der Waals surface area contributed by atoms with Crippen molar-refractivity contribution in [2.75, 3.05) is 13.2 Å². The van der Waals surface area contributed by atoms with E-state index in [1.54, 1.807) is 24.3 Å². The van der Waals surface area contributed by atoms with Crippen LogP contribution in [0.3, 0.4) is 0 Å². The van der Waals surface area contributed by atoms with Gasteiger partial charge in [0.15, 0.2) is 0 Å². The molecule has 5 rings (SSSR count). The van der Waals surface area contributed by atoms with E-state index >= 15 is 0 Å². The average Bonchev–Trinajstić information content (AvgIpc) is 3.06. The van der Waals surface area contributed by atoms with Crippen molar-refractivity contribution < 1.29 is 28.1 Å². The smallest absolute Gasteiger partial charge is 0.283 e. The van der Waals surface area contributed by atoms with Gasteiger partial charge in [0.2, 0.25) is 0 Å². The highest BCUT2D eigenvalue weighted by Crippen LogP contribution is 2.31. The van der Waals surface area contributed by atoms with Gasteiger partial charge in [0.25, 0.3) is 10.2 Å². The fourth-order valence-electron chi connectivity index (χ4n) is 4.96. The quantitative estimate of drug-likeness (QED) is 0.299. The van der Waals surface area contributed by atoms with Crippen molar-refractivity contribution in [1.29, 1.82) is 0 Å². The molecule has 1 fully saturated rings. The third-order valence-electron chi connectivity index (χ3n) is 7.16. The largest absolute Gasteiger partial charge is 0.492 e. The van der Waals surface area contributed by atoms with Crippen LogP contribution in [0.15, 0.2) is 121 Å². The SMILES string of the molecule is O=S1(=O)N(Cc2ccccc2)[C@H](COc2ccccc2)[C@H](O)[C@@H](O)[C@@H](COc2ccccc2)N1Cc1ccccc1. The van der Waals surface area contributed by atoms with E-state index in [9.17, 15) is 18.6 Å². The van der Waals surface area contributed by atoms with Crippen LogP contribution in [0, 0.1) is 0 Å². The van der Waals surface area contributed by atoms with Crippen LogP contribution in [0.25, 0.3) is 0 Å². The molecule has 0 saturated carbocycles. The van der Waals surface area contributed by atoms with Crippen molar-refractivity contribution in [2.45, 2.75) is 37.4 Å². The van der Waals surface area contributed by atoms with Crippen molar-refractivity contribution in [2.24, 2.45) is 0 Å². The van der Waals surface area contributed by atoms with Gasteiger partial charge in [-0.05, 0) is 35.4 Å². The molecule has 2 N–H and O–H groups in total. The number of hydrogen-bond acceptors (Lipinski definition) is 6. The van der Waals surface area contributed by atoms with Gasteiger partial charge in [-0.15, -0.1) is 0 Å². The Morgan fingerprint density at radius 3 is 1.20 bits per heavy atom. The molecule has 1 aliphatic heterocycles. The lowest BCUT2D eigenvalue weighted by atomic mass is 9.99. The molecule has 1 aliphatic rings. The van der Waals surface area contributed by atoms with E-state index in [0.717, 1.165) is 11.1 Å². The minimum Gasteiger partial charge on any atom is -0.492 e. The van der Waals surface area contributed by atoms with Gasteiger partial charge in [-0.25, -0.2) is 0 Å². The third kappa shape index (κ3) is 6.95. The summed E-state index contributed by atoms with van der Waals surface area (Å²) < 4.78 is 43.6. The Morgan fingerprint density at radius 1 is 0.537 bits per heavy atom. The zero-order valence-electron chi connectivity index (χ0n) is 22.5. The van der Waals surface area contributed by atoms with E-state index in [0.29, 0.717) is 11.5 Å². The normalized spacial score (nSPS) is 23.0. The molecule has 1 saturated heterocycles. The predicted octanol–water partition coefficient (Wildman–Crippen LogP) is 3.87. The number of aliphatic hydroxyl groups excluding tert-OH is 2. The summed E-state index contributed by atoms with van der Waals surface area (Å²) in [5.41, 5.74) is 1.47. The lowest BCUT2D eigenvalue weighted by Gasteiger charge is -2.34. The summed E-state index contributed by atoms with van der Waals surface area (Å²) in [6, 6.07) is 34.2. The lowest BCUT2D eigenvalue weighted by molar-refractivity contribution is -0.0565. The van der Waals surface area contributed by atoms with Crippen LogP contribution >= 0.6 is 0 Å². The number of hydrogen-bond donors (Lipinski definition) is 2. The highest BCUT2D eigenvalue weighted by Gasteiger charge is 2.51. The van der Waals surface area contributed by atoms with E-state index in [4.69, 9.17) is 9.47 Å². The second-order valence-corrected chi connectivity index (χ2v) is 11.8. The van der Waals surface area contributed by atoms with Gasteiger partial charge < -0.3 is 19.7 Å². The predicted molar refractivity (Wildman–Crippen MR) is 156 cm³/mol. The Balaban J connectivity index is 1.55. The van der Waals surface area contributed by atoms with E-state index in [-0.39, 0.29) is 26.3 Å². The second-order valence-electron chi connectivity index (χ2n) is 9.93. The van der Waals surface area contributed by atoms with Gasteiger partial charge >= 0.3 is 0 Å². The minimum absolute atomic E-state index is 0.0205. The number of aliphatic hydroxyl groups is 2. The molecular formula is C32H34N2O6S. The second kappa shape index (κ2) is 13.3. The molecule has 0 amide bonds. The highest BCUT2D eigenvalue weighted by molar-refractivity contribution is 7.86. The van der Waals surface area contributed by atoms with Crippen molar-refractivity contribution in [3.8, 4) is 11.5 Å². The van der Waals surface area contributed by atoms with Crippen molar-refractivity contribution in [1.82, 2.24) is 8.61 Å². The molecule has 4 aromatic carbocycles. The maximum absolute atomic E-state index is 14.6. The average molecular weight is 575 g/mol. The Hall–Kier alpha value is -3.73. The molecule has 0 bridgehead atoms. The minimum atomic E-state index is -4.28. The number of para-hydroxylation sites is 2. The first-order chi connectivity index (χ1) is 19.9. The molecule has 0 unspecified atom stereocenters. The Bertz CT molecular complexity index is 1350. The van der Waals surface area contributed by atoms with Gasteiger partial charge in [-0.2, -0.15) is 17.0 Å². The molecule has 0 spiro atoms. The van der Waals surface area contributed by atoms with Crippen molar-refractivity contribution in [3.05, 3.63) is 132 Å². The molecule has 1 heterocycles. The molecule has 41 heavy (non-hydrogen) atoms. The Labute approximate surface area is 241 Å². The first-order valence-electron chi connectivity index (χ1n) is 13.5. The fourth-order valence-corrected chi connectivity index (χ4v) is 6.91. The molecule has 0 aromatic heterocycles. The van der Waals surface area contributed by atoms with Gasteiger partial charge in [-0.1, -0.05) is 97.1 Å². The molecule has 214 valence electrons. The summed E-state index contributed by atoms with van der Waals surface area (Å²) in [4.78, 5) is 0. The zero-order valence-corrected chi connectivity index (χ0v) is 23.3. The molecular weight excluding hydrogens is 540 g/mol. The van der Waals surface area contributed by atoms with Crippen LogP contribution < -0.4 is 9.47 Å². The van der Waals surface area contributed by atoms with Crippen LogP contribution in [0.1, 0.15) is 11.1 Å². The molecule has 8 nitrogen and oxygen atoms in total. The summed E-state index contributed by atoms with van der Waals surface area (Å²) in [7, 11) is -4.28. The Morgan fingerprint density at radius 2 is 0.854 bits per heavy atom. The monoisotopic (exact) mass is 574 g/mol. The first kappa shape index (κ1) is 28.8. The van der Waals surface area contributed by atoms with Crippen molar-refractivity contribution in [3.63, 3.8) is 0 Å². The van der Waals surface area contributed by atoms with Gasteiger partial charge in [-0.3, -0.25) is 0 Å². The lowest BCUT2D eigenvalue weighted by Crippen LogP contribution is -2.52. The van der Waals surface area contributed by atoms with Gasteiger partial charge in [0.1, 0.15) is 36.9 Å². The van der Waals surface area contributed by atoms with Gasteiger partial charge in [0.05, 0.1) is 12.1 Å². The summed E-state index contributed by atoms with van der Waals surface area (Å²) in [6.45, 7) is -0.375. The number of nitrogens with zero attached hydrogens (tertiary/aromatic N) is 2. The van der Waals surface area contributed by atoms with Crippen LogP contribution in [0.2, 0.25) is 0 Å². The molecule has 0 aliphatic carbocycles. The van der Waals surface area contributed by atoms with E-state index in [1.165, 1.54) is 8.61 Å². The maximum atomic E-state index is 14.6. The third-order valence-corrected chi connectivity index (χ3v) is 9.15. The summed E-state index contributed by atoms with van der Waals surface area (Å²) >= 11 is 0. The molecule has 0 radical (unpaired) electrons. The standard InChI is InChI=1S/C32H34N2O6S/c35-31-29(23-39-27-17-9-3-10-18-27)33(21-25-13-5-1-6-14-25)41(37,38)34(22-26-15-7-2-8-16-26)30(32(31)36)24-40-28-19-11-4-12-20-28/h1-20,29-32,35-36H,21-24H2/t29-,30-,31+,32+/m1/s1. The zero-order chi connectivity index (χ0) is 28.7. The molecule has 4 aromatic rings. The van der Waals surface area contributed by atoms with E-state index in [2.05, 4.69) is 0 Å². The summed E-state index contributed by atoms with van der Waals surface area (Å²) in [6.07, 6.45) is -2.94. The van der Waals surface area contributed by atoms with Crippen LogP contribution in [0.5, 0.6) is 11.5 Å². The summed E-state index contributed by atoms with van der Waals surface area (Å²) in [5.74, 6) is 1.06. The Kier molecular flexibility index (Phi) is 9.33. The number of benzene rings is 4. The van der Waals surface area contributed by atoms with Crippen LogP contribution in [0.4, 0.5) is 0 Å². The van der Waals surface area contributed by atoms with Crippen LogP contribution in [-0.2, 0) is 23.3 Å². The maximum Gasteiger partial charge on any atom is 0.283 e. The van der Waals surface area contributed by atoms with Crippen LogP contribution in [-0.4, -0.2) is 64.7 Å². The molecule has 9 heteroatoms.